The number of likely N-dealkylation sites (tertiary alicyclic amines) is 1. The van der Waals surface area contributed by atoms with Gasteiger partial charge in [-0.15, -0.1) is 0 Å². The Morgan fingerprint density at radius 2 is 1.69 bits per heavy atom. The molecular weight excluding hydrogens is 558 g/mol. The number of carboxylic acids is 1. The standard InChI is InChI=1S/C22H22ClF3N4O2.C2HF3O2/c23-19-17(26)5-4-16(25)18(19)20(31)27-8-11-29-9-6-22(7-10-29)21(32)28-13-30(22)15-3-1-2-14(24)12-15;3-2(4,5)1(6)7/h1-5,12H,6-11,13H2,(H,27,31)(H,28,32);(H,6,7). The molecule has 15 heteroatoms. The van der Waals surface area contributed by atoms with E-state index in [-0.39, 0.29) is 18.3 Å². The van der Waals surface area contributed by atoms with E-state index >= 15 is 0 Å². The minimum absolute atomic E-state index is 0.0778. The maximum atomic E-state index is 13.9. The van der Waals surface area contributed by atoms with E-state index in [9.17, 15) is 35.9 Å². The van der Waals surface area contributed by atoms with E-state index in [4.69, 9.17) is 21.5 Å². The second-order valence-corrected chi connectivity index (χ2v) is 9.10. The number of amides is 2. The van der Waals surface area contributed by atoms with Crippen LogP contribution in [0.5, 0.6) is 0 Å². The molecule has 2 aromatic carbocycles. The van der Waals surface area contributed by atoms with Crippen molar-refractivity contribution < 1.29 is 45.8 Å². The number of carbonyl (C=O) groups is 3. The zero-order valence-electron chi connectivity index (χ0n) is 20.1. The summed E-state index contributed by atoms with van der Waals surface area (Å²) in [6.07, 6.45) is -4.01. The largest absolute Gasteiger partial charge is 0.490 e. The van der Waals surface area contributed by atoms with E-state index in [2.05, 4.69) is 15.5 Å². The zero-order chi connectivity index (χ0) is 29.0. The topological polar surface area (TPSA) is 102 Å². The first kappa shape index (κ1) is 30.0. The highest BCUT2D eigenvalue weighted by molar-refractivity contribution is 6.34. The lowest BCUT2D eigenvalue weighted by Gasteiger charge is -2.43. The molecule has 3 N–H and O–H groups in total. The number of benzene rings is 2. The number of nitrogens with zero attached hydrogens (tertiary/aromatic N) is 2. The second-order valence-electron chi connectivity index (χ2n) is 8.72. The van der Waals surface area contributed by atoms with Crippen molar-refractivity contribution in [1.82, 2.24) is 15.5 Å². The summed E-state index contributed by atoms with van der Waals surface area (Å²) in [5, 5.41) is 12.0. The molecule has 2 aliphatic rings. The average Bonchev–Trinajstić information content (AvgIpc) is 3.18. The SMILES string of the molecule is O=C(NCCN1CCC2(CC1)C(=O)NCN2c1cccc(F)c1)c1c(F)ccc(F)c1Cl.O=C(O)C(F)(F)F. The number of hydrogen-bond acceptors (Lipinski definition) is 5. The Bertz CT molecular complexity index is 1240. The minimum atomic E-state index is -5.08. The van der Waals surface area contributed by atoms with Gasteiger partial charge in [-0.2, -0.15) is 13.2 Å². The summed E-state index contributed by atoms with van der Waals surface area (Å²) in [7, 11) is 0. The number of anilines is 1. The first-order valence-electron chi connectivity index (χ1n) is 11.5. The van der Waals surface area contributed by atoms with Gasteiger partial charge in [-0.05, 0) is 43.2 Å². The summed E-state index contributed by atoms with van der Waals surface area (Å²) in [4.78, 5) is 37.8. The van der Waals surface area contributed by atoms with Gasteiger partial charge in [-0.25, -0.2) is 18.0 Å². The zero-order valence-corrected chi connectivity index (χ0v) is 20.9. The van der Waals surface area contributed by atoms with E-state index < -0.39 is 45.8 Å². The normalized spacial score (nSPS) is 16.9. The van der Waals surface area contributed by atoms with Gasteiger partial charge >= 0.3 is 12.1 Å². The van der Waals surface area contributed by atoms with E-state index in [0.29, 0.717) is 44.8 Å². The number of rotatable bonds is 5. The van der Waals surface area contributed by atoms with Crippen LogP contribution in [0.15, 0.2) is 36.4 Å². The lowest BCUT2D eigenvalue weighted by Crippen LogP contribution is -2.57. The molecule has 212 valence electrons. The van der Waals surface area contributed by atoms with E-state index in [1.165, 1.54) is 12.1 Å². The predicted molar refractivity (Wildman–Crippen MR) is 128 cm³/mol. The Labute approximate surface area is 223 Å². The lowest BCUT2D eigenvalue weighted by molar-refractivity contribution is -0.192. The van der Waals surface area contributed by atoms with Crippen molar-refractivity contribution in [3.05, 3.63) is 64.4 Å². The molecule has 39 heavy (non-hydrogen) atoms. The number of piperidine rings is 1. The van der Waals surface area contributed by atoms with Crippen molar-refractivity contribution in [2.45, 2.75) is 24.6 Å². The summed E-state index contributed by atoms with van der Waals surface area (Å²) < 4.78 is 72.9. The van der Waals surface area contributed by atoms with Crippen LogP contribution in [0.25, 0.3) is 0 Å². The second kappa shape index (κ2) is 12.1. The van der Waals surface area contributed by atoms with Crippen LogP contribution in [-0.2, 0) is 9.59 Å². The van der Waals surface area contributed by atoms with Gasteiger partial charge in [-0.1, -0.05) is 17.7 Å². The third-order valence-electron chi connectivity index (χ3n) is 6.37. The molecule has 2 aromatic rings. The first-order valence-corrected chi connectivity index (χ1v) is 11.9. The number of alkyl halides is 3. The van der Waals surface area contributed by atoms with Crippen LogP contribution in [0.1, 0.15) is 23.2 Å². The van der Waals surface area contributed by atoms with Crippen LogP contribution in [0.4, 0.5) is 32.0 Å². The molecule has 2 heterocycles. The number of hydrogen-bond donors (Lipinski definition) is 3. The highest BCUT2D eigenvalue weighted by Gasteiger charge is 2.50. The van der Waals surface area contributed by atoms with Crippen LogP contribution < -0.4 is 15.5 Å². The fourth-order valence-corrected chi connectivity index (χ4v) is 4.61. The van der Waals surface area contributed by atoms with Gasteiger partial charge in [0.25, 0.3) is 5.91 Å². The molecule has 0 unspecified atom stereocenters. The van der Waals surface area contributed by atoms with Gasteiger partial charge in [0.2, 0.25) is 5.91 Å². The molecule has 0 bridgehead atoms. The molecule has 4 rings (SSSR count). The van der Waals surface area contributed by atoms with E-state index in [1.807, 2.05) is 4.90 Å². The van der Waals surface area contributed by atoms with Crippen molar-refractivity contribution in [3.63, 3.8) is 0 Å². The molecule has 0 radical (unpaired) electrons. The van der Waals surface area contributed by atoms with Crippen molar-refractivity contribution in [1.29, 1.82) is 0 Å². The summed E-state index contributed by atoms with van der Waals surface area (Å²) in [6.45, 7) is 2.17. The molecule has 0 aromatic heterocycles. The van der Waals surface area contributed by atoms with Gasteiger partial charge in [-0.3, -0.25) is 9.59 Å². The third kappa shape index (κ3) is 6.92. The molecule has 2 fully saturated rings. The number of nitrogens with one attached hydrogen (secondary N) is 2. The fourth-order valence-electron chi connectivity index (χ4n) is 4.37. The average molecular weight is 581 g/mol. The van der Waals surface area contributed by atoms with Crippen LogP contribution in [0, 0.1) is 17.5 Å². The van der Waals surface area contributed by atoms with Gasteiger partial charge in [0.05, 0.1) is 17.3 Å². The molecule has 8 nitrogen and oxygen atoms in total. The highest BCUT2D eigenvalue weighted by Crippen LogP contribution is 2.36. The summed E-state index contributed by atoms with van der Waals surface area (Å²) in [5.41, 5.74) is -0.609. The van der Waals surface area contributed by atoms with Gasteiger partial charge in [0.15, 0.2) is 0 Å². The van der Waals surface area contributed by atoms with Crippen LogP contribution in [0.3, 0.4) is 0 Å². The van der Waals surface area contributed by atoms with Crippen LogP contribution in [0.2, 0.25) is 5.02 Å². The molecule has 2 aliphatic heterocycles. The maximum absolute atomic E-state index is 13.9. The molecule has 0 aliphatic carbocycles. The lowest BCUT2D eigenvalue weighted by atomic mass is 9.85. The van der Waals surface area contributed by atoms with Gasteiger partial charge in [0.1, 0.15) is 23.0 Å². The summed E-state index contributed by atoms with van der Waals surface area (Å²) in [5.74, 6) is -5.73. The van der Waals surface area contributed by atoms with Crippen molar-refractivity contribution in [2.24, 2.45) is 0 Å². The minimum Gasteiger partial charge on any atom is -0.475 e. The van der Waals surface area contributed by atoms with E-state index in [0.717, 1.165) is 12.1 Å². The summed E-state index contributed by atoms with van der Waals surface area (Å²) >= 11 is 5.73. The Kier molecular flexibility index (Phi) is 9.33. The van der Waals surface area contributed by atoms with Crippen LogP contribution >= 0.6 is 11.6 Å². The van der Waals surface area contributed by atoms with E-state index in [1.54, 1.807) is 12.1 Å². The Morgan fingerprint density at radius 1 is 1.08 bits per heavy atom. The smallest absolute Gasteiger partial charge is 0.475 e. The molecular formula is C24H23ClF6N4O4. The number of carbonyl (C=O) groups excluding carboxylic acids is 2. The molecule has 1 spiro atoms. The van der Waals surface area contributed by atoms with Gasteiger partial charge in [0, 0.05) is 31.9 Å². The third-order valence-corrected chi connectivity index (χ3v) is 6.74. The summed E-state index contributed by atoms with van der Waals surface area (Å²) in [6, 6.07) is 7.90. The van der Waals surface area contributed by atoms with Crippen molar-refractivity contribution >= 4 is 35.1 Å². The molecule has 2 amide bonds. The quantitative estimate of drug-likeness (QED) is 0.369. The number of carboxylic acid groups (broad SMARTS) is 1. The highest BCUT2D eigenvalue weighted by atomic mass is 35.5. The number of aliphatic carboxylic acids is 1. The van der Waals surface area contributed by atoms with Gasteiger partial charge < -0.3 is 25.5 Å². The Morgan fingerprint density at radius 3 is 2.28 bits per heavy atom. The predicted octanol–water partition coefficient (Wildman–Crippen LogP) is 3.55. The maximum Gasteiger partial charge on any atom is 0.490 e. The van der Waals surface area contributed by atoms with Crippen molar-refractivity contribution in [2.75, 3.05) is 37.7 Å². The fraction of sp³-hybridized carbons (Fsp3) is 0.375. The van der Waals surface area contributed by atoms with Crippen molar-refractivity contribution in [3.8, 4) is 0 Å². The Balaban J connectivity index is 0.000000532. The molecule has 0 atom stereocenters. The van der Waals surface area contributed by atoms with Crippen LogP contribution in [-0.4, -0.2) is 72.4 Å². The molecule has 0 saturated carbocycles. The Hall–Kier alpha value is -3.52. The first-order chi connectivity index (χ1) is 18.3. The monoisotopic (exact) mass is 580 g/mol. The molecule has 2 saturated heterocycles. The number of halogens is 7.